The third-order valence-corrected chi connectivity index (χ3v) is 4.96. The van der Waals surface area contributed by atoms with Crippen LogP contribution in [0.25, 0.3) is 0 Å². The maximum absolute atomic E-state index is 12.0. The van der Waals surface area contributed by atoms with E-state index in [1.54, 1.807) is 0 Å². The van der Waals surface area contributed by atoms with Crippen molar-refractivity contribution in [1.82, 2.24) is 15.3 Å². The number of aromatic amines is 1. The van der Waals surface area contributed by atoms with Gasteiger partial charge in [0.2, 0.25) is 5.91 Å². The molecule has 2 fully saturated rings. The van der Waals surface area contributed by atoms with Crippen molar-refractivity contribution in [2.24, 2.45) is 17.8 Å². The van der Waals surface area contributed by atoms with E-state index in [1.807, 2.05) is 13.8 Å². The largest absolute Gasteiger partial charge is 0.349 e. The lowest BCUT2D eigenvalue weighted by Crippen LogP contribution is -2.27. The van der Waals surface area contributed by atoms with Gasteiger partial charge in [0, 0.05) is 12.1 Å². The molecule has 3 atom stereocenters. The molecule has 1 heterocycles. The van der Waals surface area contributed by atoms with Crippen LogP contribution in [-0.2, 0) is 11.3 Å². The van der Waals surface area contributed by atoms with Gasteiger partial charge in [0.1, 0.15) is 5.82 Å². The van der Waals surface area contributed by atoms with Gasteiger partial charge in [-0.2, -0.15) is 0 Å². The minimum Gasteiger partial charge on any atom is -0.349 e. The monoisotopic (exact) mass is 261 g/mol. The molecule has 0 radical (unpaired) electrons. The van der Waals surface area contributed by atoms with Crippen LogP contribution in [0.3, 0.4) is 0 Å². The molecule has 0 aromatic carbocycles. The smallest absolute Gasteiger partial charge is 0.220 e. The van der Waals surface area contributed by atoms with Gasteiger partial charge in [0.15, 0.2) is 0 Å². The van der Waals surface area contributed by atoms with Crippen LogP contribution in [0.5, 0.6) is 0 Å². The van der Waals surface area contributed by atoms with Gasteiger partial charge < -0.3 is 10.3 Å². The van der Waals surface area contributed by atoms with Crippen LogP contribution in [0.2, 0.25) is 0 Å². The van der Waals surface area contributed by atoms with Crippen LogP contribution < -0.4 is 5.32 Å². The van der Waals surface area contributed by atoms with Crippen molar-refractivity contribution in [3.63, 3.8) is 0 Å². The lowest BCUT2D eigenvalue weighted by molar-refractivity contribution is -0.122. The molecule has 4 nitrogen and oxygen atoms in total. The molecule has 2 saturated carbocycles. The zero-order chi connectivity index (χ0) is 13.4. The number of imidazole rings is 1. The van der Waals surface area contributed by atoms with Crippen molar-refractivity contribution < 1.29 is 4.79 Å². The van der Waals surface area contributed by atoms with Crippen molar-refractivity contribution in [2.75, 3.05) is 0 Å². The standard InChI is InChI=1S/C15H23N3O/c1-9-10(2)18-14(17-9)8-16-15(19)7-13-6-11-3-4-12(13)5-11/h11-13H,3-8H2,1-2H3,(H,16,19)(H,17,18). The predicted molar refractivity (Wildman–Crippen MR) is 73.5 cm³/mol. The highest BCUT2D eigenvalue weighted by atomic mass is 16.1. The first kappa shape index (κ1) is 12.7. The van der Waals surface area contributed by atoms with Crippen LogP contribution >= 0.6 is 0 Å². The van der Waals surface area contributed by atoms with E-state index in [0.29, 0.717) is 18.9 Å². The predicted octanol–water partition coefficient (Wildman–Crippen LogP) is 2.47. The molecule has 1 aromatic heterocycles. The molecule has 0 aliphatic heterocycles. The van der Waals surface area contributed by atoms with Gasteiger partial charge in [0.25, 0.3) is 0 Å². The van der Waals surface area contributed by atoms with E-state index in [4.69, 9.17) is 0 Å². The van der Waals surface area contributed by atoms with Crippen LogP contribution in [0, 0.1) is 31.6 Å². The molecule has 19 heavy (non-hydrogen) atoms. The Hall–Kier alpha value is -1.32. The van der Waals surface area contributed by atoms with E-state index in [1.165, 1.54) is 25.7 Å². The lowest BCUT2D eigenvalue weighted by atomic mass is 9.86. The zero-order valence-corrected chi connectivity index (χ0v) is 11.8. The van der Waals surface area contributed by atoms with Crippen molar-refractivity contribution >= 4 is 5.91 Å². The molecule has 0 saturated heterocycles. The number of rotatable bonds is 4. The molecule has 1 amide bonds. The number of fused-ring (bicyclic) bond motifs is 2. The summed E-state index contributed by atoms with van der Waals surface area (Å²) in [4.78, 5) is 19.6. The molecule has 3 rings (SSSR count). The second kappa shape index (κ2) is 4.99. The number of amides is 1. The molecular weight excluding hydrogens is 238 g/mol. The molecule has 3 unspecified atom stereocenters. The minimum atomic E-state index is 0.184. The van der Waals surface area contributed by atoms with Gasteiger partial charge in [0.05, 0.1) is 12.2 Å². The SMILES string of the molecule is Cc1nc(CNC(=O)CC2CC3CCC2C3)[nH]c1C. The Labute approximate surface area is 114 Å². The second-order valence-electron chi connectivity index (χ2n) is 6.31. The van der Waals surface area contributed by atoms with E-state index in [2.05, 4.69) is 15.3 Å². The summed E-state index contributed by atoms with van der Waals surface area (Å²) in [5, 5.41) is 2.99. The Kier molecular flexibility index (Phi) is 3.33. The molecule has 1 aromatic rings. The molecule has 0 spiro atoms. The van der Waals surface area contributed by atoms with E-state index < -0.39 is 0 Å². The topological polar surface area (TPSA) is 57.8 Å². The van der Waals surface area contributed by atoms with Gasteiger partial charge in [-0.25, -0.2) is 4.98 Å². The number of H-pyrrole nitrogens is 1. The molecule has 104 valence electrons. The number of carbonyl (C=O) groups excluding carboxylic acids is 1. The number of nitrogens with one attached hydrogen (secondary N) is 2. The first-order chi connectivity index (χ1) is 9.11. The van der Waals surface area contributed by atoms with E-state index in [-0.39, 0.29) is 5.91 Å². The second-order valence-corrected chi connectivity index (χ2v) is 6.31. The highest BCUT2D eigenvalue weighted by Gasteiger charge is 2.39. The summed E-state index contributed by atoms with van der Waals surface area (Å²) >= 11 is 0. The highest BCUT2D eigenvalue weighted by molar-refractivity contribution is 5.76. The number of nitrogens with zero attached hydrogens (tertiary/aromatic N) is 1. The molecule has 2 aliphatic rings. The highest BCUT2D eigenvalue weighted by Crippen LogP contribution is 2.49. The summed E-state index contributed by atoms with van der Waals surface area (Å²) in [7, 11) is 0. The zero-order valence-electron chi connectivity index (χ0n) is 11.8. The van der Waals surface area contributed by atoms with Crippen LogP contribution in [0.4, 0.5) is 0 Å². The van der Waals surface area contributed by atoms with Gasteiger partial charge in [-0.1, -0.05) is 6.42 Å². The number of aromatic nitrogens is 2. The van der Waals surface area contributed by atoms with Gasteiger partial charge in [-0.15, -0.1) is 0 Å². The number of hydrogen-bond acceptors (Lipinski definition) is 2. The lowest BCUT2D eigenvalue weighted by Gasteiger charge is -2.20. The molecule has 4 heteroatoms. The van der Waals surface area contributed by atoms with E-state index in [9.17, 15) is 4.79 Å². The average molecular weight is 261 g/mol. The quantitative estimate of drug-likeness (QED) is 0.874. The molecule has 2 bridgehead atoms. The number of carbonyl (C=O) groups is 1. The van der Waals surface area contributed by atoms with Crippen LogP contribution in [-0.4, -0.2) is 15.9 Å². The first-order valence-electron chi connectivity index (χ1n) is 7.40. The summed E-state index contributed by atoms with van der Waals surface area (Å²) in [6.45, 7) is 4.50. The molecule has 2 aliphatic carbocycles. The number of aryl methyl sites for hydroxylation is 2. The van der Waals surface area contributed by atoms with E-state index >= 15 is 0 Å². The minimum absolute atomic E-state index is 0.184. The Morgan fingerprint density at radius 3 is 2.79 bits per heavy atom. The van der Waals surface area contributed by atoms with Crippen molar-refractivity contribution in [3.8, 4) is 0 Å². The maximum Gasteiger partial charge on any atom is 0.220 e. The summed E-state index contributed by atoms with van der Waals surface area (Å²) in [5.74, 6) is 3.42. The third-order valence-electron chi connectivity index (χ3n) is 4.96. The normalized spacial score (nSPS) is 28.8. The first-order valence-corrected chi connectivity index (χ1v) is 7.40. The fourth-order valence-electron chi connectivity index (χ4n) is 3.82. The van der Waals surface area contributed by atoms with Gasteiger partial charge >= 0.3 is 0 Å². The average Bonchev–Trinajstić information content (AvgIpc) is 3.04. The van der Waals surface area contributed by atoms with E-state index in [0.717, 1.165) is 29.0 Å². The summed E-state index contributed by atoms with van der Waals surface area (Å²) in [5.41, 5.74) is 2.09. The Morgan fingerprint density at radius 1 is 1.37 bits per heavy atom. The molecule has 2 N–H and O–H groups in total. The third kappa shape index (κ3) is 2.67. The summed E-state index contributed by atoms with van der Waals surface area (Å²) < 4.78 is 0. The summed E-state index contributed by atoms with van der Waals surface area (Å²) in [6.07, 6.45) is 6.10. The van der Waals surface area contributed by atoms with Crippen LogP contribution in [0.15, 0.2) is 0 Å². The maximum atomic E-state index is 12.0. The van der Waals surface area contributed by atoms with Gasteiger partial charge in [-0.3, -0.25) is 4.79 Å². The van der Waals surface area contributed by atoms with Crippen molar-refractivity contribution in [3.05, 3.63) is 17.2 Å². The van der Waals surface area contributed by atoms with Crippen molar-refractivity contribution in [2.45, 2.75) is 52.5 Å². The Morgan fingerprint density at radius 2 is 2.21 bits per heavy atom. The Bertz CT molecular complexity index is 460. The molecular formula is C15H23N3O. The fraction of sp³-hybridized carbons (Fsp3) is 0.733. The summed E-state index contributed by atoms with van der Waals surface area (Å²) in [6, 6.07) is 0. The van der Waals surface area contributed by atoms with Crippen molar-refractivity contribution in [1.29, 1.82) is 0 Å². The Balaban J connectivity index is 1.46. The number of hydrogen-bond donors (Lipinski definition) is 2. The fourth-order valence-corrected chi connectivity index (χ4v) is 3.82. The van der Waals surface area contributed by atoms with Crippen LogP contribution in [0.1, 0.15) is 49.3 Å². The van der Waals surface area contributed by atoms with Gasteiger partial charge in [-0.05, 0) is 50.9 Å².